The molecule has 4 aromatic rings. The van der Waals surface area contributed by atoms with Crippen molar-refractivity contribution in [2.75, 3.05) is 18.0 Å². The third-order valence-electron chi connectivity index (χ3n) is 6.03. The number of aryl methyl sites for hydroxylation is 2. The summed E-state index contributed by atoms with van der Waals surface area (Å²) in [5.41, 5.74) is 4.47. The number of carbonyl (C=O) groups excluding carboxylic acids is 1. The largest absolute Gasteiger partial charge is 0.279 e. The fourth-order valence-corrected chi connectivity index (χ4v) is 6.56. The molecule has 1 aromatic heterocycles. The quantitative estimate of drug-likeness (QED) is 0.303. The standard InChI is InChI=1S/C27H29N3O3S2/c1-5-29(6-2)35(32,33)23-16-14-22(15-17-23)26(31)30(18-21-10-8-7-9-11-21)27-28-24-19(3)12-13-20(4)25(24)34-27/h7-17H,5-6,18H2,1-4H3. The number of aromatic nitrogens is 1. The van der Waals surface area contributed by atoms with Crippen LogP contribution in [0.3, 0.4) is 0 Å². The number of thiazole rings is 1. The molecule has 0 aliphatic heterocycles. The smallest absolute Gasteiger partial charge is 0.260 e. The summed E-state index contributed by atoms with van der Waals surface area (Å²) in [4.78, 5) is 20.4. The Morgan fingerprint density at radius 2 is 1.51 bits per heavy atom. The molecule has 0 spiro atoms. The van der Waals surface area contributed by atoms with Gasteiger partial charge in [-0.1, -0.05) is 67.6 Å². The Kier molecular flexibility index (Phi) is 7.35. The normalized spacial score (nSPS) is 11.8. The molecule has 3 aromatic carbocycles. The minimum atomic E-state index is -3.59. The van der Waals surface area contributed by atoms with Gasteiger partial charge >= 0.3 is 0 Å². The van der Waals surface area contributed by atoms with Crippen molar-refractivity contribution in [3.63, 3.8) is 0 Å². The van der Waals surface area contributed by atoms with Crippen molar-refractivity contribution < 1.29 is 13.2 Å². The van der Waals surface area contributed by atoms with E-state index in [0.717, 1.165) is 26.9 Å². The molecule has 182 valence electrons. The maximum Gasteiger partial charge on any atom is 0.260 e. The Morgan fingerprint density at radius 3 is 2.11 bits per heavy atom. The number of fused-ring (bicyclic) bond motifs is 1. The van der Waals surface area contributed by atoms with E-state index in [4.69, 9.17) is 4.98 Å². The highest BCUT2D eigenvalue weighted by atomic mass is 32.2. The Hall–Kier alpha value is -3.07. The molecule has 0 radical (unpaired) electrons. The van der Waals surface area contributed by atoms with Crippen molar-refractivity contribution in [1.82, 2.24) is 9.29 Å². The van der Waals surface area contributed by atoms with Crippen molar-refractivity contribution >= 4 is 42.6 Å². The molecule has 1 amide bonds. The van der Waals surface area contributed by atoms with Crippen LogP contribution in [0.1, 0.15) is 40.9 Å². The highest BCUT2D eigenvalue weighted by molar-refractivity contribution is 7.89. The van der Waals surface area contributed by atoms with Gasteiger partial charge in [0.2, 0.25) is 10.0 Å². The second-order valence-corrected chi connectivity index (χ2v) is 11.3. The van der Waals surface area contributed by atoms with Crippen molar-refractivity contribution in [3.05, 3.63) is 89.0 Å². The molecule has 0 N–H and O–H groups in total. The SMILES string of the molecule is CCN(CC)S(=O)(=O)c1ccc(C(=O)N(Cc2ccccc2)c2nc3c(C)ccc(C)c3s2)cc1. The highest BCUT2D eigenvalue weighted by Gasteiger charge is 2.25. The Bertz CT molecular complexity index is 1400. The van der Waals surface area contributed by atoms with Crippen LogP contribution < -0.4 is 4.90 Å². The lowest BCUT2D eigenvalue weighted by molar-refractivity contribution is 0.0985. The van der Waals surface area contributed by atoms with Gasteiger partial charge in [0.25, 0.3) is 5.91 Å². The van der Waals surface area contributed by atoms with Crippen molar-refractivity contribution in [1.29, 1.82) is 0 Å². The number of hydrogen-bond acceptors (Lipinski definition) is 5. The van der Waals surface area contributed by atoms with Gasteiger partial charge in [-0.2, -0.15) is 4.31 Å². The van der Waals surface area contributed by atoms with Crippen LogP contribution in [0.5, 0.6) is 0 Å². The summed E-state index contributed by atoms with van der Waals surface area (Å²) in [6.07, 6.45) is 0. The second-order valence-electron chi connectivity index (χ2n) is 8.36. The van der Waals surface area contributed by atoms with Crippen LogP contribution in [-0.2, 0) is 16.6 Å². The third kappa shape index (κ3) is 5.00. The van der Waals surface area contributed by atoms with E-state index < -0.39 is 10.0 Å². The first-order valence-electron chi connectivity index (χ1n) is 11.6. The minimum absolute atomic E-state index is 0.179. The van der Waals surface area contributed by atoms with Gasteiger partial charge < -0.3 is 0 Å². The Morgan fingerprint density at radius 1 is 0.886 bits per heavy atom. The van der Waals surface area contributed by atoms with E-state index in [1.807, 2.05) is 64.1 Å². The maximum absolute atomic E-state index is 13.7. The van der Waals surface area contributed by atoms with Crippen molar-refractivity contribution in [3.8, 4) is 0 Å². The summed E-state index contributed by atoms with van der Waals surface area (Å²) in [5.74, 6) is -0.227. The molecular weight excluding hydrogens is 478 g/mol. The van der Waals surface area contributed by atoms with Gasteiger partial charge in [0.05, 0.1) is 21.7 Å². The van der Waals surface area contributed by atoms with Crippen molar-refractivity contribution in [2.45, 2.75) is 39.1 Å². The van der Waals surface area contributed by atoms with Gasteiger partial charge in [-0.3, -0.25) is 9.69 Å². The predicted molar refractivity (Wildman–Crippen MR) is 143 cm³/mol. The first-order valence-corrected chi connectivity index (χ1v) is 13.8. The lowest BCUT2D eigenvalue weighted by atomic mass is 10.1. The average Bonchev–Trinajstić information content (AvgIpc) is 3.32. The lowest BCUT2D eigenvalue weighted by Gasteiger charge is -2.21. The van der Waals surface area contributed by atoms with Gasteiger partial charge in [0.1, 0.15) is 0 Å². The van der Waals surface area contributed by atoms with E-state index in [1.165, 1.54) is 27.8 Å². The summed E-state index contributed by atoms with van der Waals surface area (Å²) < 4.78 is 28.2. The van der Waals surface area contributed by atoms with Crippen LogP contribution in [0.25, 0.3) is 10.2 Å². The molecule has 4 rings (SSSR count). The zero-order valence-corrected chi connectivity index (χ0v) is 22.0. The highest BCUT2D eigenvalue weighted by Crippen LogP contribution is 2.34. The molecule has 0 aliphatic carbocycles. The Balaban J connectivity index is 1.74. The molecule has 6 nitrogen and oxygen atoms in total. The van der Waals surface area contributed by atoms with Gasteiger partial charge in [-0.15, -0.1) is 0 Å². The molecule has 1 heterocycles. The van der Waals surface area contributed by atoms with Gasteiger partial charge in [0, 0.05) is 18.7 Å². The lowest BCUT2D eigenvalue weighted by Crippen LogP contribution is -2.31. The van der Waals surface area contributed by atoms with E-state index >= 15 is 0 Å². The van der Waals surface area contributed by atoms with Crippen molar-refractivity contribution in [2.24, 2.45) is 0 Å². The molecule has 35 heavy (non-hydrogen) atoms. The van der Waals surface area contributed by atoms with Crippen LogP contribution in [0.4, 0.5) is 5.13 Å². The molecule has 0 atom stereocenters. The van der Waals surface area contributed by atoms with Gasteiger partial charge in [-0.25, -0.2) is 13.4 Å². The van der Waals surface area contributed by atoms with E-state index in [2.05, 4.69) is 6.07 Å². The number of sulfonamides is 1. The number of anilines is 1. The number of carbonyl (C=O) groups is 1. The Labute approximate surface area is 210 Å². The third-order valence-corrected chi connectivity index (χ3v) is 9.31. The minimum Gasteiger partial charge on any atom is -0.279 e. The van der Waals surface area contributed by atoms with Gasteiger partial charge in [0.15, 0.2) is 5.13 Å². The predicted octanol–water partition coefficient (Wildman–Crippen LogP) is 5.79. The number of benzene rings is 3. The maximum atomic E-state index is 13.7. The fraction of sp³-hybridized carbons (Fsp3) is 0.259. The summed E-state index contributed by atoms with van der Waals surface area (Å²) in [5, 5.41) is 0.617. The average molecular weight is 508 g/mol. The van der Waals surface area contributed by atoms with Crippen LogP contribution in [-0.4, -0.2) is 36.7 Å². The number of nitrogens with zero attached hydrogens (tertiary/aromatic N) is 3. The number of amides is 1. The molecule has 0 fully saturated rings. The fourth-order valence-electron chi connectivity index (χ4n) is 3.99. The molecule has 0 bridgehead atoms. The first-order chi connectivity index (χ1) is 16.8. The molecule has 0 saturated carbocycles. The second kappa shape index (κ2) is 10.3. The first kappa shape index (κ1) is 25.0. The number of rotatable bonds is 8. The summed E-state index contributed by atoms with van der Waals surface area (Å²) >= 11 is 1.50. The summed E-state index contributed by atoms with van der Waals surface area (Å²) in [6.45, 7) is 8.81. The zero-order chi connectivity index (χ0) is 25.2. The van der Waals surface area contributed by atoms with Crippen LogP contribution >= 0.6 is 11.3 Å². The topological polar surface area (TPSA) is 70.6 Å². The van der Waals surface area contributed by atoms with E-state index in [9.17, 15) is 13.2 Å². The molecule has 0 aliphatic rings. The molecule has 0 unspecified atom stereocenters. The zero-order valence-electron chi connectivity index (χ0n) is 20.4. The van der Waals surface area contributed by atoms with Crippen LogP contribution in [0.2, 0.25) is 0 Å². The van der Waals surface area contributed by atoms with E-state index in [1.54, 1.807) is 17.0 Å². The summed E-state index contributed by atoms with van der Waals surface area (Å²) in [7, 11) is -3.59. The molecule has 8 heteroatoms. The molecular formula is C27H29N3O3S2. The van der Waals surface area contributed by atoms with Crippen LogP contribution in [0, 0.1) is 13.8 Å². The summed E-state index contributed by atoms with van der Waals surface area (Å²) in [6, 6.07) is 20.1. The van der Waals surface area contributed by atoms with E-state index in [-0.39, 0.29) is 10.8 Å². The molecule has 0 saturated heterocycles. The monoisotopic (exact) mass is 507 g/mol. The van der Waals surface area contributed by atoms with E-state index in [0.29, 0.717) is 30.3 Å². The number of hydrogen-bond donors (Lipinski definition) is 0. The van der Waals surface area contributed by atoms with Crippen LogP contribution in [0.15, 0.2) is 71.6 Å². The van der Waals surface area contributed by atoms with Gasteiger partial charge in [-0.05, 0) is 54.8 Å².